The van der Waals surface area contributed by atoms with E-state index >= 15 is 0 Å². The third kappa shape index (κ3) is 3.38. The van der Waals surface area contributed by atoms with E-state index in [0.717, 1.165) is 18.6 Å². The van der Waals surface area contributed by atoms with Crippen molar-refractivity contribution in [2.24, 2.45) is 11.7 Å². The SMILES string of the molecule is CCCC(C)CC(N)c1ccoc1CC. The highest BCUT2D eigenvalue weighted by Crippen LogP contribution is 2.25. The molecule has 0 saturated heterocycles. The number of furan rings is 1. The van der Waals surface area contributed by atoms with Gasteiger partial charge in [-0.1, -0.05) is 33.6 Å². The molecule has 0 bridgehead atoms. The van der Waals surface area contributed by atoms with Crippen LogP contribution in [-0.4, -0.2) is 0 Å². The minimum atomic E-state index is 0.139. The van der Waals surface area contributed by atoms with Crippen molar-refractivity contribution in [3.8, 4) is 0 Å². The van der Waals surface area contributed by atoms with Gasteiger partial charge in [0, 0.05) is 18.0 Å². The van der Waals surface area contributed by atoms with Crippen LogP contribution in [0.4, 0.5) is 0 Å². The minimum Gasteiger partial charge on any atom is -0.469 e. The van der Waals surface area contributed by atoms with Crippen LogP contribution in [0.2, 0.25) is 0 Å². The van der Waals surface area contributed by atoms with E-state index in [1.807, 2.05) is 6.07 Å². The van der Waals surface area contributed by atoms with Crippen molar-refractivity contribution in [2.45, 2.75) is 52.5 Å². The van der Waals surface area contributed by atoms with Crippen molar-refractivity contribution in [1.82, 2.24) is 0 Å². The molecule has 1 aromatic heterocycles. The molecule has 0 aliphatic heterocycles. The lowest BCUT2D eigenvalue weighted by Gasteiger charge is -2.16. The normalized spacial score (nSPS) is 15.2. The van der Waals surface area contributed by atoms with E-state index < -0.39 is 0 Å². The van der Waals surface area contributed by atoms with E-state index in [1.165, 1.54) is 18.4 Å². The van der Waals surface area contributed by atoms with Crippen molar-refractivity contribution in [3.63, 3.8) is 0 Å². The van der Waals surface area contributed by atoms with Gasteiger partial charge in [0.05, 0.1) is 6.26 Å². The first-order valence-electron chi connectivity index (χ1n) is 6.00. The maximum absolute atomic E-state index is 6.19. The van der Waals surface area contributed by atoms with Gasteiger partial charge in [-0.3, -0.25) is 0 Å². The summed E-state index contributed by atoms with van der Waals surface area (Å²) in [5.41, 5.74) is 7.38. The summed E-state index contributed by atoms with van der Waals surface area (Å²) in [6, 6.07) is 2.16. The number of hydrogen-bond donors (Lipinski definition) is 1. The molecule has 2 heteroatoms. The molecule has 86 valence electrons. The van der Waals surface area contributed by atoms with Crippen LogP contribution in [0.25, 0.3) is 0 Å². The van der Waals surface area contributed by atoms with Crippen molar-refractivity contribution in [1.29, 1.82) is 0 Å². The zero-order chi connectivity index (χ0) is 11.3. The molecule has 0 aromatic carbocycles. The lowest BCUT2D eigenvalue weighted by molar-refractivity contribution is 0.432. The van der Waals surface area contributed by atoms with Crippen LogP contribution in [0.1, 0.15) is 57.4 Å². The fourth-order valence-corrected chi connectivity index (χ4v) is 2.14. The Kier molecular flexibility index (Phi) is 4.89. The molecule has 1 aromatic rings. The third-order valence-corrected chi connectivity index (χ3v) is 2.94. The molecule has 0 radical (unpaired) electrons. The molecule has 2 nitrogen and oxygen atoms in total. The summed E-state index contributed by atoms with van der Waals surface area (Å²) in [5, 5.41) is 0. The van der Waals surface area contributed by atoms with Crippen molar-refractivity contribution in [3.05, 3.63) is 23.7 Å². The van der Waals surface area contributed by atoms with Gasteiger partial charge in [0.2, 0.25) is 0 Å². The number of nitrogens with two attached hydrogens (primary N) is 1. The van der Waals surface area contributed by atoms with Gasteiger partial charge >= 0.3 is 0 Å². The van der Waals surface area contributed by atoms with Crippen LogP contribution >= 0.6 is 0 Å². The zero-order valence-corrected chi connectivity index (χ0v) is 10.1. The van der Waals surface area contributed by atoms with Gasteiger partial charge in [-0.05, 0) is 18.4 Å². The summed E-state index contributed by atoms with van der Waals surface area (Å²) in [6.07, 6.45) is 6.23. The Morgan fingerprint density at radius 1 is 1.40 bits per heavy atom. The smallest absolute Gasteiger partial charge is 0.108 e. The summed E-state index contributed by atoms with van der Waals surface area (Å²) in [5.74, 6) is 1.75. The Morgan fingerprint density at radius 2 is 2.13 bits per heavy atom. The predicted octanol–water partition coefficient (Wildman–Crippen LogP) is 3.67. The maximum Gasteiger partial charge on any atom is 0.108 e. The summed E-state index contributed by atoms with van der Waals surface area (Å²) in [7, 11) is 0. The van der Waals surface area contributed by atoms with Gasteiger partial charge in [0.25, 0.3) is 0 Å². The number of aryl methyl sites for hydroxylation is 1. The molecule has 0 aliphatic rings. The van der Waals surface area contributed by atoms with Crippen LogP contribution < -0.4 is 5.73 Å². The second kappa shape index (κ2) is 5.96. The summed E-state index contributed by atoms with van der Waals surface area (Å²) >= 11 is 0. The quantitative estimate of drug-likeness (QED) is 0.776. The van der Waals surface area contributed by atoms with E-state index in [9.17, 15) is 0 Å². The minimum absolute atomic E-state index is 0.139. The molecule has 0 fully saturated rings. The first kappa shape index (κ1) is 12.3. The van der Waals surface area contributed by atoms with Gasteiger partial charge < -0.3 is 10.2 Å². The highest BCUT2D eigenvalue weighted by molar-refractivity contribution is 5.21. The fourth-order valence-electron chi connectivity index (χ4n) is 2.14. The Labute approximate surface area is 92.9 Å². The molecular formula is C13H23NO. The molecule has 1 heterocycles. The predicted molar refractivity (Wildman–Crippen MR) is 63.7 cm³/mol. The van der Waals surface area contributed by atoms with Crippen molar-refractivity contribution in [2.75, 3.05) is 0 Å². The van der Waals surface area contributed by atoms with E-state index in [2.05, 4.69) is 20.8 Å². The van der Waals surface area contributed by atoms with Gasteiger partial charge in [-0.15, -0.1) is 0 Å². The van der Waals surface area contributed by atoms with Crippen LogP contribution in [0.15, 0.2) is 16.7 Å². The van der Waals surface area contributed by atoms with Gasteiger partial charge in [-0.25, -0.2) is 0 Å². The second-order valence-electron chi connectivity index (χ2n) is 4.39. The highest BCUT2D eigenvalue weighted by atomic mass is 16.3. The van der Waals surface area contributed by atoms with Gasteiger partial charge in [-0.2, -0.15) is 0 Å². The Hall–Kier alpha value is -0.760. The highest BCUT2D eigenvalue weighted by Gasteiger charge is 2.15. The average Bonchev–Trinajstić information content (AvgIpc) is 2.65. The van der Waals surface area contributed by atoms with Gasteiger partial charge in [0.1, 0.15) is 5.76 Å². The second-order valence-corrected chi connectivity index (χ2v) is 4.39. The molecule has 0 saturated carbocycles. The lowest BCUT2D eigenvalue weighted by atomic mass is 9.93. The first-order valence-corrected chi connectivity index (χ1v) is 6.00. The molecule has 2 N–H and O–H groups in total. The van der Waals surface area contributed by atoms with E-state index in [-0.39, 0.29) is 6.04 Å². The summed E-state index contributed by atoms with van der Waals surface area (Å²) < 4.78 is 5.40. The molecule has 1 rings (SSSR count). The van der Waals surface area contributed by atoms with Crippen LogP contribution in [0, 0.1) is 5.92 Å². The van der Waals surface area contributed by atoms with Crippen molar-refractivity contribution < 1.29 is 4.42 Å². The molecule has 2 unspecified atom stereocenters. The molecule has 0 spiro atoms. The van der Waals surface area contributed by atoms with Crippen LogP contribution in [0.5, 0.6) is 0 Å². The van der Waals surface area contributed by atoms with E-state index in [0.29, 0.717) is 5.92 Å². The number of rotatable bonds is 6. The molecule has 15 heavy (non-hydrogen) atoms. The first-order chi connectivity index (χ1) is 7.19. The number of hydrogen-bond acceptors (Lipinski definition) is 2. The molecule has 0 aliphatic carbocycles. The Bertz CT molecular complexity index is 280. The van der Waals surface area contributed by atoms with Gasteiger partial charge in [0.15, 0.2) is 0 Å². The summed E-state index contributed by atoms with van der Waals surface area (Å²) in [4.78, 5) is 0. The van der Waals surface area contributed by atoms with E-state index in [4.69, 9.17) is 10.2 Å². The van der Waals surface area contributed by atoms with E-state index in [1.54, 1.807) is 6.26 Å². The average molecular weight is 209 g/mol. The largest absolute Gasteiger partial charge is 0.469 e. The third-order valence-electron chi connectivity index (χ3n) is 2.94. The molecular weight excluding hydrogens is 186 g/mol. The topological polar surface area (TPSA) is 39.2 Å². The molecule has 2 atom stereocenters. The standard InChI is InChI=1S/C13H23NO/c1-4-6-10(3)9-12(14)11-7-8-15-13(11)5-2/h7-8,10,12H,4-6,9,14H2,1-3H3. The van der Waals surface area contributed by atoms with Crippen molar-refractivity contribution >= 4 is 0 Å². The fraction of sp³-hybridized carbons (Fsp3) is 0.692. The van der Waals surface area contributed by atoms with Crippen LogP contribution in [-0.2, 0) is 6.42 Å². The Morgan fingerprint density at radius 3 is 2.73 bits per heavy atom. The van der Waals surface area contributed by atoms with Crippen LogP contribution in [0.3, 0.4) is 0 Å². The monoisotopic (exact) mass is 209 g/mol. The maximum atomic E-state index is 6.19. The molecule has 0 amide bonds. The summed E-state index contributed by atoms with van der Waals surface area (Å²) in [6.45, 7) is 6.59. The lowest BCUT2D eigenvalue weighted by Crippen LogP contribution is -2.14. The Balaban J connectivity index is 2.56. The zero-order valence-electron chi connectivity index (χ0n) is 10.1.